The van der Waals surface area contributed by atoms with Crippen molar-refractivity contribution in [2.75, 3.05) is 18.5 Å². The summed E-state index contributed by atoms with van der Waals surface area (Å²) in [6.07, 6.45) is 1.24. The molecule has 0 aliphatic heterocycles. The average molecular weight is 230 g/mol. The van der Waals surface area contributed by atoms with Crippen molar-refractivity contribution < 1.29 is 14.3 Å². The molecule has 15 heavy (non-hydrogen) atoms. The van der Waals surface area contributed by atoms with Crippen molar-refractivity contribution in [1.29, 1.82) is 0 Å². The second kappa shape index (κ2) is 4.69. The molecule has 82 valence electrons. The van der Waals surface area contributed by atoms with Crippen molar-refractivity contribution in [3.05, 3.63) is 6.33 Å². The third-order valence-corrected chi connectivity index (χ3v) is 1.96. The first-order valence-electron chi connectivity index (χ1n) is 3.83. The summed E-state index contributed by atoms with van der Waals surface area (Å²) < 4.78 is 10.7. The monoisotopic (exact) mass is 230 g/mol. The minimum atomic E-state index is -0.787. The lowest BCUT2D eigenvalue weighted by atomic mass is 10.4. The Morgan fingerprint density at radius 2 is 1.87 bits per heavy atom. The first-order chi connectivity index (χ1) is 7.11. The predicted octanol–water partition coefficient (Wildman–Crippen LogP) is 0.224. The molecule has 0 aliphatic rings. The second-order valence-electron chi connectivity index (χ2n) is 2.39. The van der Waals surface area contributed by atoms with E-state index in [1.165, 1.54) is 20.5 Å². The number of carbonyl (C=O) groups excluding carboxylic acids is 1. The van der Waals surface area contributed by atoms with Crippen LogP contribution in [0.5, 0.6) is 11.8 Å². The van der Waals surface area contributed by atoms with Crippen LogP contribution in [0.2, 0.25) is 0 Å². The number of aromatic nitrogens is 2. The highest BCUT2D eigenvalue weighted by Gasteiger charge is 2.21. The SMILES string of the molecule is COc1ncnc(OC)c1N(S)C(N)=O. The predicted molar refractivity (Wildman–Crippen MR) is 56.2 cm³/mol. The maximum absolute atomic E-state index is 10.9. The number of hydrogen-bond acceptors (Lipinski definition) is 6. The summed E-state index contributed by atoms with van der Waals surface area (Å²) >= 11 is 3.88. The van der Waals surface area contributed by atoms with Gasteiger partial charge in [-0.1, -0.05) is 12.8 Å². The first-order valence-corrected chi connectivity index (χ1v) is 4.23. The van der Waals surface area contributed by atoms with Gasteiger partial charge in [0, 0.05) is 0 Å². The molecular weight excluding hydrogens is 220 g/mol. The molecule has 1 aromatic heterocycles. The molecule has 0 fully saturated rings. The summed E-state index contributed by atoms with van der Waals surface area (Å²) in [5.41, 5.74) is 5.22. The van der Waals surface area contributed by atoms with Crippen molar-refractivity contribution in [1.82, 2.24) is 9.97 Å². The fourth-order valence-corrected chi connectivity index (χ4v) is 1.11. The number of urea groups is 1. The van der Waals surface area contributed by atoms with E-state index >= 15 is 0 Å². The number of rotatable bonds is 3. The van der Waals surface area contributed by atoms with Crippen LogP contribution in [0.15, 0.2) is 6.33 Å². The molecule has 8 heteroatoms. The van der Waals surface area contributed by atoms with Gasteiger partial charge in [0.25, 0.3) is 0 Å². The van der Waals surface area contributed by atoms with E-state index in [2.05, 4.69) is 22.8 Å². The molecule has 0 bridgehead atoms. The van der Waals surface area contributed by atoms with Crippen LogP contribution in [0.4, 0.5) is 10.5 Å². The number of anilines is 1. The zero-order valence-corrected chi connectivity index (χ0v) is 9.06. The zero-order chi connectivity index (χ0) is 11.4. The summed E-state index contributed by atoms with van der Waals surface area (Å²) in [6, 6.07) is -0.787. The van der Waals surface area contributed by atoms with Crippen molar-refractivity contribution in [2.24, 2.45) is 5.73 Å². The van der Waals surface area contributed by atoms with Gasteiger partial charge in [-0.3, -0.25) is 0 Å². The molecule has 0 radical (unpaired) electrons. The van der Waals surface area contributed by atoms with Gasteiger partial charge in [0.05, 0.1) is 14.2 Å². The van der Waals surface area contributed by atoms with E-state index < -0.39 is 6.03 Å². The van der Waals surface area contributed by atoms with Crippen LogP contribution < -0.4 is 19.5 Å². The molecule has 0 saturated heterocycles. The Kier molecular flexibility index (Phi) is 3.56. The summed E-state index contributed by atoms with van der Waals surface area (Å²) in [5, 5.41) is 0. The fraction of sp³-hybridized carbons (Fsp3) is 0.286. The Balaban J connectivity index is 3.27. The van der Waals surface area contributed by atoms with E-state index in [4.69, 9.17) is 15.2 Å². The van der Waals surface area contributed by atoms with E-state index in [1.54, 1.807) is 0 Å². The van der Waals surface area contributed by atoms with Crippen LogP contribution in [-0.4, -0.2) is 30.2 Å². The average Bonchev–Trinajstić information content (AvgIpc) is 2.26. The number of methoxy groups -OCH3 is 2. The van der Waals surface area contributed by atoms with E-state index in [1.807, 2.05) is 0 Å². The number of carbonyl (C=O) groups is 1. The minimum Gasteiger partial charge on any atom is -0.479 e. The Labute approximate surface area is 91.7 Å². The Morgan fingerprint density at radius 3 is 2.20 bits per heavy atom. The lowest BCUT2D eigenvalue weighted by molar-refractivity contribution is 0.257. The molecule has 2 N–H and O–H groups in total. The van der Waals surface area contributed by atoms with Gasteiger partial charge in [-0.05, 0) is 0 Å². The molecule has 0 unspecified atom stereocenters. The van der Waals surface area contributed by atoms with Gasteiger partial charge in [0.15, 0.2) is 5.69 Å². The third-order valence-electron chi connectivity index (χ3n) is 1.56. The normalized spacial score (nSPS) is 9.53. The van der Waals surface area contributed by atoms with Crippen LogP contribution in [0.1, 0.15) is 0 Å². The summed E-state index contributed by atoms with van der Waals surface area (Å²) in [7, 11) is 2.79. The summed E-state index contributed by atoms with van der Waals surface area (Å²) in [4.78, 5) is 18.5. The van der Waals surface area contributed by atoms with Gasteiger partial charge in [-0.25, -0.2) is 9.10 Å². The van der Waals surface area contributed by atoms with Gasteiger partial charge >= 0.3 is 6.03 Å². The van der Waals surface area contributed by atoms with Crippen molar-refractivity contribution in [3.63, 3.8) is 0 Å². The van der Waals surface area contributed by atoms with Gasteiger partial charge < -0.3 is 15.2 Å². The smallest absolute Gasteiger partial charge is 0.329 e. The molecule has 1 heterocycles. The van der Waals surface area contributed by atoms with Gasteiger partial charge in [0.2, 0.25) is 11.8 Å². The van der Waals surface area contributed by atoms with Gasteiger partial charge in [-0.2, -0.15) is 9.97 Å². The molecule has 1 aromatic rings. The van der Waals surface area contributed by atoms with Crippen LogP contribution in [0.3, 0.4) is 0 Å². The number of hydrogen-bond donors (Lipinski definition) is 2. The number of ether oxygens (including phenoxy) is 2. The van der Waals surface area contributed by atoms with Crippen molar-refractivity contribution in [2.45, 2.75) is 0 Å². The first kappa shape index (κ1) is 11.4. The van der Waals surface area contributed by atoms with E-state index in [0.717, 1.165) is 4.31 Å². The highest BCUT2D eigenvalue weighted by Crippen LogP contribution is 2.34. The van der Waals surface area contributed by atoms with Crippen molar-refractivity contribution in [3.8, 4) is 11.8 Å². The standard InChI is InChI=1S/C7H10N4O3S/c1-13-5-4(11(15)7(8)12)6(14-2)10-3-9-5/h3,15H,1-2H3,(H2,8,12). The number of primary amides is 1. The summed E-state index contributed by atoms with van der Waals surface area (Å²) in [5.74, 6) is 0.298. The Bertz CT molecular complexity index is 351. The number of thiol groups is 1. The van der Waals surface area contributed by atoms with E-state index in [0.29, 0.717) is 0 Å². The quantitative estimate of drug-likeness (QED) is 0.725. The Morgan fingerprint density at radius 1 is 1.40 bits per heavy atom. The molecule has 0 spiro atoms. The third kappa shape index (κ3) is 2.21. The topological polar surface area (TPSA) is 90.6 Å². The van der Waals surface area contributed by atoms with Gasteiger partial charge in [0.1, 0.15) is 6.33 Å². The highest BCUT2D eigenvalue weighted by atomic mass is 32.1. The van der Waals surface area contributed by atoms with Crippen LogP contribution in [-0.2, 0) is 0 Å². The van der Waals surface area contributed by atoms with E-state index in [-0.39, 0.29) is 17.4 Å². The molecule has 2 amide bonds. The van der Waals surface area contributed by atoms with Crippen LogP contribution in [0, 0.1) is 0 Å². The largest absolute Gasteiger partial charge is 0.479 e. The molecule has 7 nitrogen and oxygen atoms in total. The van der Waals surface area contributed by atoms with E-state index in [9.17, 15) is 4.79 Å². The summed E-state index contributed by atoms with van der Waals surface area (Å²) in [6.45, 7) is 0. The van der Waals surface area contributed by atoms with Crippen LogP contribution >= 0.6 is 12.8 Å². The second-order valence-corrected chi connectivity index (χ2v) is 2.79. The molecule has 0 saturated carbocycles. The van der Waals surface area contributed by atoms with Gasteiger partial charge in [-0.15, -0.1) is 0 Å². The molecule has 0 aliphatic carbocycles. The maximum Gasteiger partial charge on any atom is 0.329 e. The lowest BCUT2D eigenvalue weighted by Gasteiger charge is -2.16. The highest BCUT2D eigenvalue weighted by molar-refractivity contribution is 7.82. The Hall–Kier alpha value is -1.70. The zero-order valence-electron chi connectivity index (χ0n) is 8.17. The molecular formula is C7H10N4O3S. The number of nitrogens with zero attached hydrogens (tertiary/aromatic N) is 3. The fourth-order valence-electron chi connectivity index (χ4n) is 0.938. The molecule has 0 atom stereocenters. The maximum atomic E-state index is 10.9. The lowest BCUT2D eigenvalue weighted by Crippen LogP contribution is -2.28. The molecule has 1 rings (SSSR count). The number of amides is 2. The van der Waals surface area contributed by atoms with Crippen LogP contribution in [0.25, 0.3) is 0 Å². The molecule has 0 aromatic carbocycles. The van der Waals surface area contributed by atoms with Crippen molar-refractivity contribution >= 4 is 24.5 Å². The number of nitrogens with two attached hydrogens (primary N) is 1. The minimum absolute atomic E-state index is 0.149.